The molecule has 0 bridgehead atoms. The first-order valence-corrected chi connectivity index (χ1v) is 11.1. The maximum absolute atomic E-state index is 13.0. The van der Waals surface area contributed by atoms with Gasteiger partial charge in [-0.15, -0.1) is 0 Å². The Balaban J connectivity index is 1.30. The summed E-state index contributed by atoms with van der Waals surface area (Å²) in [6.07, 6.45) is -2.10. The number of aromatic amines is 1. The first-order valence-electron chi connectivity index (χ1n) is 11.1. The van der Waals surface area contributed by atoms with Crippen LogP contribution >= 0.6 is 0 Å². The zero-order valence-electron chi connectivity index (χ0n) is 18.6. The molecular weight excluding hydrogens is 455 g/mol. The molecule has 4 aromatic rings. The van der Waals surface area contributed by atoms with Crippen LogP contribution in [0.1, 0.15) is 22.4 Å². The fraction of sp³-hybridized carbons (Fsp3) is 0.192. The van der Waals surface area contributed by atoms with Crippen LogP contribution in [0.4, 0.5) is 18.9 Å². The second kappa shape index (κ2) is 8.99. The molecule has 1 aliphatic heterocycles. The average molecular weight is 477 g/mol. The molecule has 9 heteroatoms. The van der Waals surface area contributed by atoms with Crippen LogP contribution in [0.2, 0.25) is 0 Å². The highest BCUT2D eigenvalue weighted by molar-refractivity contribution is 5.60. The highest BCUT2D eigenvalue weighted by atomic mass is 19.4. The Bertz CT molecular complexity index is 1410. The Kier molecular flexibility index (Phi) is 5.86. The molecule has 0 fully saturated rings. The molecule has 0 atom stereocenters. The summed E-state index contributed by atoms with van der Waals surface area (Å²) in [5.74, 6) is 0.525. The van der Waals surface area contributed by atoms with Crippen LogP contribution < -0.4 is 11.3 Å². The van der Waals surface area contributed by atoms with Crippen LogP contribution in [0.25, 0.3) is 22.6 Å². The third-order valence-electron chi connectivity index (χ3n) is 6.05. The molecule has 0 aliphatic carbocycles. The topological polar surface area (TPSA) is 87.9 Å². The maximum atomic E-state index is 13.0. The van der Waals surface area contributed by atoms with Gasteiger partial charge in [0.05, 0.1) is 22.5 Å². The molecule has 2 aromatic carbocycles. The Morgan fingerprint density at radius 3 is 2.54 bits per heavy atom. The molecule has 35 heavy (non-hydrogen) atoms. The normalized spacial score (nSPS) is 14.0. The molecule has 0 amide bonds. The van der Waals surface area contributed by atoms with E-state index in [0.717, 1.165) is 35.5 Å². The number of nitrogens with one attached hydrogen (secondary N) is 1. The zero-order chi connectivity index (χ0) is 24.6. The minimum Gasteiger partial charge on any atom is -0.399 e. The van der Waals surface area contributed by atoms with E-state index in [1.165, 1.54) is 6.07 Å². The largest absolute Gasteiger partial charge is 0.416 e. The average Bonchev–Trinajstić information content (AvgIpc) is 2.85. The number of nitrogens with zero attached hydrogens (tertiary/aromatic N) is 3. The van der Waals surface area contributed by atoms with E-state index in [9.17, 15) is 18.0 Å². The van der Waals surface area contributed by atoms with E-state index in [2.05, 4.69) is 19.9 Å². The van der Waals surface area contributed by atoms with E-state index in [1.54, 1.807) is 30.5 Å². The first-order chi connectivity index (χ1) is 16.8. The third kappa shape index (κ3) is 4.95. The van der Waals surface area contributed by atoms with Gasteiger partial charge in [0.2, 0.25) is 0 Å². The number of hydrogen-bond donors (Lipinski definition) is 2. The highest BCUT2D eigenvalue weighted by Gasteiger charge is 2.30. The molecular formula is C26H22F3N5O. The molecule has 3 N–H and O–H groups in total. The second-order valence-corrected chi connectivity index (χ2v) is 8.55. The van der Waals surface area contributed by atoms with Crippen molar-refractivity contribution in [1.29, 1.82) is 0 Å². The van der Waals surface area contributed by atoms with Gasteiger partial charge < -0.3 is 10.7 Å². The molecule has 5 rings (SSSR count). The monoisotopic (exact) mass is 477 g/mol. The number of benzene rings is 2. The van der Waals surface area contributed by atoms with Gasteiger partial charge in [0, 0.05) is 49.1 Å². The first kappa shape index (κ1) is 22.8. The van der Waals surface area contributed by atoms with Crippen molar-refractivity contribution in [2.24, 2.45) is 0 Å². The molecule has 178 valence electrons. The van der Waals surface area contributed by atoms with Gasteiger partial charge in [-0.3, -0.25) is 14.7 Å². The molecule has 0 unspecified atom stereocenters. The predicted molar refractivity (Wildman–Crippen MR) is 127 cm³/mol. The Morgan fingerprint density at radius 1 is 1.03 bits per heavy atom. The number of fused-ring (bicyclic) bond motifs is 1. The third-order valence-corrected chi connectivity index (χ3v) is 6.05. The maximum Gasteiger partial charge on any atom is 0.416 e. The number of nitrogen functional groups attached to an aromatic ring is 1. The standard InChI is InChI=1S/C26H22F3N5O/c27-26(28,29)19-3-1-2-18(12-19)22-9-4-16(13-31-22)14-34-11-10-23-21(15-34)25(35)33-24(32-23)17-5-7-20(30)8-6-17/h1-9,12-13H,10-11,14-15,30H2,(H,32,33,35). The van der Waals surface area contributed by atoms with Crippen molar-refractivity contribution in [3.63, 3.8) is 0 Å². The van der Waals surface area contributed by atoms with Crippen LogP contribution in [0.3, 0.4) is 0 Å². The lowest BCUT2D eigenvalue weighted by atomic mass is 10.0. The van der Waals surface area contributed by atoms with Crippen LogP contribution in [0.5, 0.6) is 0 Å². The van der Waals surface area contributed by atoms with Gasteiger partial charge in [0.1, 0.15) is 5.82 Å². The summed E-state index contributed by atoms with van der Waals surface area (Å²) in [7, 11) is 0. The molecule has 0 spiro atoms. The van der Waals surface area contributed by atoms with E-state index in [1.807, 2.05) is 18.2 Å². The summed E-state index contributed by atoms with van der Waals surface area (Å²) in [5.41, 5.74) is 9.54. The number of alkyl halides is 3. The number of pyridine rings is 1. The van der Waals surface area contributed by atoms with Crippen LogP contribution in [-0.2, 0) is 25.7 Å². The summed E-state index contributed by atoms with van der Waals surface area (Å²) in [6.45, 7) is 1.74. The number of anilines is 1. The summed E-state index contributed by atoms with van der Waals surface area (Å²) >= 11 is 0. The Morgan fingerprint density at radius 2 is 1.83 bits per heavy atom. The Hall–Kier alpha value is -3.98. The van der Waals surface area contributed by atoms with Gasteiger partial charge in [-0.2, -0.15) is 13.2 Å². The number of nitrogens with two attached hydrogens (primary N) is 1. The summed E-state index contributed by atoms with van der Waals surface area (Å²) in [5, 5.41) is 0. The number of halogens is 3. The van der Waals surface area contributed by atoms with Crippen molar-refractivity contribution in [1.82, 2.24) is 19.9 Å². The van der Waals surface area contributed by atoms with Gasteiger partial charge in [-0.05, 0) is 48.0 Å². The zero-order valence-corrected chi connectivity index (χ0v) is 18.6. The predicted octanol–water partition coefficient (Wildman–Crippen LogP) is 4.66. The van der Waals surface area contributed by atoms with E-state index < -0.39 is 11.7 Å². The van der Waals surface area contributed by atoms with E-state index in [-0.39, 0.29) is 5.56 Å². The van der Waals surface area contributed by atoms with Crippen molar-refractivity contribution in [3.05, 3.63) is 99.6 Å². The minimum atomic E-state index is -4.40. The van der Waals surface area contributed by atoms with E-state index in [0.29, 0.717) is 47.8 Å². The number of H-pyrrole nitrogens is 1. The van der Waals surface area contributed by atoms with Gasteiger partial charge in [-0.25, -0.2) is 4.98 Å². The molecule has 0 saturated carbocycles. The van der Waals surface area contributed by atoms with Crippen molar-refractivity contribution >= 4 is 5.69 Å². The lowest BCUT2D eigenvalue weighted by Crippen LogP contribution is -2.35. The fourth-order valence-electron chi connectivity index (χ4n) is 4.20. The van der Waals surface area contributed by atoms with Crippen molar-refractivity contribution in [3.8, 4) is 22.6 Å². The SMILES string of the molecule is Nc1ccc(-c2nc3c(c(=O)[nH]2)CN(Cc2ccc(-c4cccc(C(F)(F)F)c4)nc2)CC3)cc1. The molecule has 3 heterocycles. The minimum absolute atomic E-state index is 0.162. The van der Waals surface area contributed by atoms with Crippen LogP contribution in [0.15, 0.2) is 71.7 Å². The molecule has 1 aliphatic rings. The molecule has 0 radical (unpaired) electrons. The number of aromatic nitrogens is 3. The van der Waals surface area contributed by atoms with Crippen molar-refractivity contribution < 1.29 is 13.2 Å². The number of hydrogen-bond acceptors (Lipinski definition) is 5. The van der Waals surface area contributed by atoms with E-state index in [4.69, 9.17) is 5.73 Å². The van der Waals surface area contributed by atoms with Gasteiger partial charge in [0.25, 0.3) is 5.56 Å². The summed E-state index contributed by atoms with van der Waals surface area (Å²) in [6, 6.07) is 15.9. The lowest BCUT2D eigenvalue weighted by Gasteiger charge is -2.27. The smallest absolute Gasteiger partial charge is 0.399 e. The highest BCUT2D eigenvalue weighted by Crippen LogP contribution is 2.31. The molecule has 6 nitrogen and oxygen atoms in total. The van der Waals surface area contributed by atoms with Crippen LogP contribution in [0, 0.1) is 0 Å². The van der Waals surface area contributed by atoms with E-state index >= 15 is 0 Å². The molecule has 2 aromatic heterocycles. The van der Waals surface area contributed by atoms with Crippen molar-refractivity contribution in [2.45, 2.75) is 25.7 Å². The van der Waals surface area contributed by atoms with Gasteiger partial charge in [-0.1, -0.05) is 18.2 Å². The second-order valence-electron chi connectivity index (χ2n) is 8.55. The fourth-order valence-corrected chi connectivity index (χ4v) is 4.20. The lowest BCUT2D eigenvalue weighted by molar-refractivity contribution is -0.137. The summed E-state index contributed by atoms with van der Waals surface area (Å²) in [4.78, 5) is 26.8. The van der Waals surface area contributed by atoms with Gasteiger partial charge in [0.15, 0.2) is 0 Å². The summed E-state index contributed by atoms with van der Waals surface area (Å²) < 4.78 is 39.0. The van der Waals surface area contributed by atoms with Crippen LogP contribution in [-0.4, -0.2) is 26.4 Å². The van der Waals surface area contributed by atoms with Crippen molar-refractivity contribution in [2.75, 3.05) is 12.3 Å². The van der Waals surface area contributed by atoms with Gasteiger partial charge >= 0.3 is 6.18 Å². The quantitative estimate of drug-likeness (QED) is 0.418. The Labute approximate surface area is 199 Å². The molecule has 0 saturated heterocycles. The number of rotatable bonds is 4.